The van der Waals surface area contributed by atoms with Crippen molar-refractivity contribution in [2.24, 2.45) is 11.8 Å². The monoisotopic (exact) mass is 552 g/mol. The molecule has 3 rings (SSSR count). The summed E-state index contributed by atoms with van der Waals surface area (Å²) in [4.78, 5) is 21.1. The summed E-state index contributed by atoms with van der Waals surface area (Å²) in [5, 5.41) is 29.3. The number of aliphatic hydroxyl groups is 3. The van der Waals surface area contributed by atoms with E-state index in [4.69, 9.17) is 14.9 Å². The van der Waals surface area contributed by atoms with Gasteiger partial charge in [0.2, 0.25) is 0 Å². The van der Waals surface area contributed by atoms with Gasteiger partial charge in [0.1, 0.15) is 6.29 Å². The molecule has 0 spiro atoms. The number of hydrogen-bond donors (Lipinski definition) is 3. The van der Waals surface area contributed by atoms with Crippen molar-refractivity contribution in [2.45, 2.75) is 77.0 Å². The average molecular weight is 553 g/mol. The third kappa shape index (κ3) is 11.4. The maximum Gasteiger partial charge on any atom is 0.335 e. The Balaban J connectivity index is 0.000000840. The van der Waals surface area contributed by atoms with Gasteiger partial charge in [-0.2, -0.15) is 0 Å². The fraction of sp³-hybridized carbons (Fsp3) is 0.529. The molecule has 3 N–H and O–H groups in total. The van der Waals surface area contributed by atoms with Gasteiger partial charge in [-0.3, -0.25) is 4.79 Å². The first-order chi connectivity index (χ1) is 19.3. The highest BCUT2D eigenvalue weighted by molar-refractivity contribution is 5.87. The van der Waals surface area contributed by atoms with Crippen molar-refractivity contribution in [1.29, 1.82) is 0 Å². The van der Waals surface area contributed by atoms with E-state index in [0.29, 0.717) is 18.1 Å². The van der Waals surface area contributed by atoms with Crippen LogP contribution in [0.3, 0.4) is 0 Å². The summed E-state index contributed by atoms with van der Waals surface area (Å²) in [6.07, 6.45) is 12.3. The van der Waals surface area contributed by atoms with Crippen molar-refractivity contribution >= 4 is 23.0 Å². The Morgan fingerprint density at radius 3 is 2.30 bits per heavy atom. The Hall–Kier alpha value is -2.80. The molecule has 220 valence electrons. The lowest BCUT2D eigenvalue weighted by Crippen LogP contribution is -2.21. The van der Waals surface area contributed by atoms with Crippen LogP contribution < -0.4 is 0 Å². The van der Waals surface area contributed by atoms with Crippen molar-refractivity contribution < 1.29 is 29.6 Å². The van der Waals surface area contributed by atoms with E-state index in [1.54, 1.807) is 0 Å². The molecule has 6 nitrogen and oxygen atoms in total. The first-order valence-corrected chi connectivity index (χ1v) is 14.7. The molecule has 6 heteroatoms. The normalized spacial score (nSPS) is 17.4. The summed E-state index contributed by atoms with van der Waals surface area (Å²) >= 11 is 0. The van der Waals surface area contributed by atoms with Crippen LogP contribution in [0, 0.1) is 11.8 Å². The van der Waals surface area contributed by atoms with Gasteiger partial charge in [0.05, 0.1) is 25.4 Å². The minimum Gasteiger partial charge on any atom is -0.462 e. The van der Waals surface area contributed by atoms with Crippen molar-refractivity contribution in [3.8, 4) is 0 Å². The zero-order valence-corrected chi connectivity index (χ0v) is 24.2. The van der Waals surface area contributed by atoms with Gasteiger partial charge in [0.25, 0.3) is 0 Å². The molecule has 1 unspecified atom stereocenters. The summed E-state index contributed by atoms with van der Waals surface area (Å²) in [7, 11) is 0. The van der Waals surface area contributed by atoms with Crippen LogP contribution >= 0.6 is 0 Å². The minimum atomic E-state index is -0.579. The molecule has 2 aromatic carbocycles. The SMILES string of the molecule is C=C(C=O)CO.C=C(CO)C(=O)OCC(CO)CCC1CCC(c2ccc3cc(CCCCC)ccc3c2)CC1. The number of aryl methyl sites for hydroxylation is 1. The first kappa shape index (κ1) is 33.4. The molecule has 0 heterocycles. The fourth-order valence-corrected chi connectivity index (χ4v) is 5.18. The van der Waals surface area contributed by atoms with E-state index in [0.717, 1.165) is 12.8 Å². The van der Waals surface area contributed by atoms with Gasteiger partial charge in [-0.05, 0) is 85.1 Å². The van der Waals surface area contributed by atoms with Crippen LogP contribution in [-0.2, 0) is 20.7 Å². The lowest BCUT2D eigenvalue weighted by atomic mass is 9.76. The van der Waals surface area contributed by atoms with Gasteiger partial charge in [-0.1, -0.05) is 69.3 Å². The smallest absolute Gasteiger partial charge is 0.335 e. The third-order valence-electron chi connectivity index (χ3n) is 7.86. The van der Waals surface area contributed by atoms with E-state index in [2.05, 4.69) is 56.5 Å². The Bertz CT molecular complexity index is 1080. The summed E-state index contributed by atoms with van der Waals surface area (Å²) in [6, 6.07) is 14.0. The van der Waals surface area contributed by atoms with E-state index >= 15 is 0 Å². The van der Waals surface area contributed by atoms with Crippen molar-refractivity contribution in [2.75, 3.05) is 26.4 Å². The molecule has 1 aliphatic carbocycles. The number of fused-ring (bicyclic) bond motifs is 1. The quantitative estimate of drug-likeness (QED) is 0.107. The average Bonchev–Trinajstić information content (AvgIpc) is 3.00. The molecule has 1 fully saturated rings. The largest absolute Gasteiger partial charge is 0.462 e. The molecule has 0 saturated heterocycles. The zero-order valence-electron chi connectivity index (χ0n) is 24.2. The van der Waals surface area contributed by atoms with Crippen LogP contribution in [0.5, 0.6) is 0 Å². The van der Waals surface area contributed by atoms with Crippen molar-refractivity contribution in [3.63, 3.8) is 0 Å². The van der Waals surface area contributed by atoms with Crippen LogP contribution in [0.25, 0.3) is 10.8 Å². The predicted molar refractivity (Wildman–Crippen MR) is 161 cm³/mol. The van der Waals surface area contributed by atoms with Crippen molar-refractivity contribution in [1.82, 2.24) is 0 Å². The van der Waals surface area contributed by atoms with Gasteiger partial charge in [-0.15, -0.1) is 0 Å². The van der Waals surface area contributed by atoms with Crippen LogP contribution in [0.4, 0.5) is 0 Å². The van der Waals surface area contributed by atoms with Gasteiger partial charge < -0.3 is 20.1 Å². The Labute approximate surface area is 239 Å². The summed E-state index contributed by atoms with van der Waals surface area (Å²) < 4.78 is 5.17. The lowest BCUT2D eigenvalue weighted by molar-refractivity contribution is -0.141. The van der Waals surface area contributed by atoms with Crippen LogP contribution in [0.1, 0.15) is 81.8 Å². The van der Waals surface area contributed by atoms with Gasteiger partial charge in [0.15, 0.2) is 0 Å². The molecule has 0 radical (unpaired) electrons. The molecular formula is C34H48O6. The van der Waals surface area contributed by atoms with E-state index in [1.807, 2.05) is 0 Å². The summed E-state index contributed by atoms with van der Waals surface area (Å²) in [5.74, 6) is 0.661. The van der Waals surface area contributed by atoms with Gasteiger partial charge in [-0.25, -0.2) is 4.79 Å². The molecule has 1 saturated carbocycles. The lowest BCUT2D eigenvalue weighted by Gasteiger charge is -2.30. The number of carbonyl (C=O) groups excluding carboxylic acids is 2. The van der Waals surface area contributed by atoms with Crippen LogP contribution in [0.2, 0.25) is 0 Å². The highest BCUT2D eigenvalue weighted by Crippen LogP contribution is 2.39. The number of unbranched alkanes of at least 4 members (excludes halogenated alkanes) is 2. The Kier molecular flexibility index (Phi) is 15.5. The minimum absolute atomic E-state index is 0.00559. The second-order valence-corrected chi connectivity index (χ2v) is 11.0. The maximum atomic E-state index is 11.7. The number of benzene rings is 2. The number of hydrogen-bond acceptors (Lipinski definition) is 6. The van der Waals surface area contributed by atoms with Gasteiger partial charge >= 0.3 is 5.97 Å². The van der Waals surface area contributed by atoms with Crippen molar-refractivity contribution in [3.05, 3.63) is 71.8 Å². The summed E-state index contributed by atoms with van der Waals surface area (Å²) in [6.45, 7) is 8.45. The molecule has 0 aliphatic heterocycles. The number of aliphatic hydroxyl groups excluding tert-OH is 3. The molecule has 0 bridgehead atoms. The second kappa shape index (κ2) is 18.5. The number of ether oxygens (including phenoxy) is 1. The molecule has 0 amide bonds. The number of esters is 1. The fourth-order valence-electron chi connectivity index (χ4n) is 5.18. The standard InChI is InChI=1S/C30H42O4.C4H6O2/c1-3-4-5-6-24-11-14-29-18-28(16-15-27(29)17-24)26-12-9-23(10-13-26)7-8-25(20-32)21-34-30(33)22(2)19-31;1-4(2-5)3-6/h11,14-18,23,25-26,31-32H,2-10,12-13,19-21H2,1H3;2,6H,1,3H2. The van der Waals surface area contributed by atoms with E-state index in [-0.39, 0.29) is 36.9 Å². The highest BCUT2D eigenvalue weighted by Gasteiger charge is 2.24. The highest BCUT2D eigenvalue weighted by atomic mass is 16.5. The molecular weight excluding hydrogens is 504 g/mol. The Morgan fingerprint density at radius 2 is 1.70 bits per heavy atom. The summed E-state index contributed by atoms with van der Waals surface area (Å²) in [5.41, 5.74) is 3.18. The number of rotatable bonds is 15. The van der Waals surface area contributed by atoms with Crippen LogP contribution in [0.15, 0.2) is 60.7 Å². The third-order valence-corrected chi connectivity index (χ3v) is 7.86. The van der Waals surface area contributed by atoms with E-state index in [1.165, 1.54) is 73.3 Å². The molecule has 0 aromatic heterocycles. The maximum absolute atomic E-state index is 11.7. The van der Waals surface area contributed by atoms with Crippen LogP contribution in [-0.4, -0.2) is 54.0 Å². The Morgan fingerprint density at radius 1 is 1.00 bits per heavy atom. The van der Waals surface area contributed by atoms with E-state index in [9.17, 15) is 14.7 Å². The predicted octanol–water partition coefficient (Wildman–Crippen LogP) is 6.06. The molecule has 2 aromatic rings. The molecule has 40 heavy (non-hydrogen) atoms. The second-order valence-electron chi connectivity index (χ2n) is 11.0. The molecule has 1 aliphatic rings. The van der Waals surface area contributed by atoms with E-state index < -0.39 is 12.6 Å². The number of aldehydes is 1. The van der Waals surface area contributed by atoms with Gasteiger partial charge in [0, 0.05) is 18.1 Å². The topological polar surface area (TPSA) is 104 Å². The number of carbonyl (C=O) groups is 2. The molecule has 1 atom stereocenters. The first-order valence-electron chi connectivity index (χ1n) is 14.7. The zero-order chi connectivity index (χ0) is 29.3.